The molecule has 0 radical (unpaired) electrons. The first-order chi connectivity index (χ1) is 10.1. The maximum atomic E-state index is 13.9. The van der Waals surface area contributed by atoms with Crippen LogP contribution in [0.4, 0.5) is 15.8 Å². The molecule has 8 heteroatoms. The predicted molar refractivity (Wildman–Crippen MR) is 76.9 cm³/mol. The van der Waals surface area contributed by atoms with Gasteiger partial charge in [-0.1, -0.05) is 0 Å². The Morgan fingerprint density at radius 2 is 2.24 bits per heavy atom. The number of aromatic amines is 1. The molecule has 2 aromatic heterocycles. The number of thiazole rings is 1. The van der Waals surface area contributed by atoms with E-state index in [0.29, 0.717) is 5.69 Å². The molecular formula is C13H8FN3O3S. The van der Waals surface area contributed by atoms with E-state index in [0.717, 1.165) is 16.4 Å². The fourth-order valence-corrected chi connectivity index (χ4v) is 2.59. The number of pyridine rings is 1. The molecular weight excluding hydrogens is 297 g/mol. The van der Waals surface area contributed by atoms with Crippen molar-refractivity contribution in [1.82, 2.24) is 9.97 Å². The number of benzene rings is 1. The summed E-state index contributed by atoms with van der Waals surface area (Å²) in [5, 5.41) is 11.7. The normalized spacial score (nSPS) is 10.7. The van der Waals surface area contributed by atoms with E-state index in [1.807, 2.05) is 4.98 Å². The lowest BCUT2D eigenvalue weighted by molar-refractivity contribution is 0.0697. The van der Waals surface area contributed by atoms with Crippen LogP contribution >= 0.6 is 11.3 Å². The second kappa shape index (κ2) is 4.98. The third kappa shape index (κ3) is 2.36. The summed E-state index contributed by atoms with van der Waals surface area (Å²) in [6.45, 7) is 0. The first-order valence-electron chi connectivity index (χ1n) is 5.81. The number of halogens is 1. The topological polar surface area (TPSA) is 95.1 Å². The Morgan fingerprint density at radius 1 is 1.43 bits per heavy atom. The number of H-pyrrole nitrogens is 1. The molecule has 106 valence electrons. The molecule has 0 atom stereocenters. The molecule has 2 heterocycles. The summed E-state index contributed by atoms with van der Waals surface area (Å²) >= 11 is 1.40. The first-order valence-corrected chi connectivity index (χ1v) is 6.69. The summed E-state index contributed by atoms with van der Waals surface area (Å²) in [6.07, 6.45) is 0.960. The van der Waals surface area contributed by atoms with Crippen LogP contribution in [-0.4, -0.2) is 21.0 Å². The Balaban J connectivity index is 2.09. The molecule has 0 unspecified atom stereocenters. The van der Waals surface area contributed by atoms with Gasteiger partial charge in [-0.25, -0.2) is 9.78 Å². The van der Waals surface area contributed by atoms with Gasteiger partial charge in [-0.15, -0.1) is 11.3 Å². The molecule has 1 aromatic carbocycles. The van der Waals surface area contributed by atoms with Crippen molar-refractivity contribution in [2.75, 3.05) is 5.32 Å². The molecule has 0 fully saturated rings. The van der Waals surface area contributed by atoms with Crippen LogP contribution in [-0.2, 0) is 0 Å². The molecule has 0 saturated heterocycles. The highest BCUT2D eigenvalue weighted by Gasteiger charge is 2.18. The van der Waals surface area contributed by atoms with Crippen LogP contribution in [0, 0.1) is 5.82 Å². The van der Waals surface area contributed by atoms with Crippen molar-refractivity contribution < 1.29 is 14.3 Å². The third-order valence-electron chi connectivity index (χ3n) is 2.87. The Bertz CT molecular complexity index is 903. The van der Waals surface area contributed by atoms with Crippen LogP contribution in [0.3, 0.4) is 0 Å². The minimum Gasteiger partial charge on any atom is -0.478 e. The van der Waals surface area contributed by atoms with E-state index in [4.69, 9.17) is 5.11 Å². The van der Waals surface area contributed by atoms with E-state index in [-0.39, 0.29) is 11.3 Å². The second-order valence-electron chi connectivity index (χ2n) is 4.19. The average Bonchev–Trinajstić information content (AvgIpc) is 2.91. The molecule has 21 heavy (non-hydrogen) atoms. The van der Waals surface area contributed by atoms with Crippen LogP contribution < -0.4 is 10.9 Å². The smallest absolute Gasteiger partial charge is 0.339 e. The Morgan fingerprint density at radius 3 is 3.00 bits per heavy atom. The number of carboxylic acids is 1. The maximum absolute atomic E-state index is 13.9. The van der Waals surface area contributed by atoms with Crippen molar-refractivity contribution >= 4 is 38.9 Å². The fourth-order valence-electron chi connectivity index (χ4n) is 1.87. The fraction of sp³-hybridized carbons (Fsp3) is 0. The molecule has 3 N–H and O–H groups in total. The first kappa shape index (κ1) is 13.3. The van der Waals surface area contributed by atoms with Crippen molar-refractivity contribution in [3.8, 4) is 0 Å². The van der Waals surface area contributed by atoms with Crippen LogP contribution in [0.25, 0.3) is 10.2 Å². The number of aromatic nitrogens is 2. The van der Waals surface area contributed by atoms with Gasteiger partial charge in [0.05, 0.1) is 21.4 Å². The van der Waals surface area contributed by atoms with Gasteiger partial charge in [0.15, 0.2) is 0 Å². The van der Waals surface area contributed by atoms with E-state index in [1.54, 1.807) is 23.7 Å². The SMILES string of the molecule is O=C(O)c1c[nH]c(=O)c(F)c1Nc1ccc2ncsc2c1. The number of hydrogen-bond acceptors (Lipinski definition) is 5. The monoisotopic (exact) mass is 305 g/mol. The van der Waals surface area contributed by atoms with E-state index >= 15 is 0 Å². The van der Waals surface area contributed by atoms with Crippen LogP contribution in [0.5, 0.6) is 0 Å². The van der Waals surface area contributed by atoms with Crippen LogP contribution in [0.2, 0.25) is 0 Å². The molecule has 0 aliphatic rings. The van der Waals surface area contributed by atoms with Gasteiger partial charge in [-0.3, -0.25) is 4.79 Å². The van der Waals surface area contributed by atoms with E-state index < -0.39 is 17.3 Å². The predicted octanol–water partition coefficient (Wildman–Crippen LogP) is 2.57. The molecule has 0 spiro atoms. The Labute approximate surface area is 120 Å². The van der Waals surface area contributed by atoms with Gasteiger partial charge in [0.25, 0.3) is 5.56 Å². The van der Waals surface area contributed by atoms with Crippen molar-refractivity contribution in [2.24, 2.45) is 0 Å². The van der Waals surface area contributed by atoms with Gasteiger partial charge in [0.1, 0.15) is 5.56 Å². The van der Waals surface area contributed by atoms with Gasteiger partial charge in [0, 0.05) is 11.9 Å². The Hall–Kier alpha value is -2.74. The molecule has 0 bridgehead atoms. The summed E-state index contributed by atoms with van der Waals surface area (Å²) in [5.41, 5.74) is 1.23. The molecule has 3 rings (SSSR count). The highest BCUT2D eigenvalue weighted by Crippen LogP contribution is 2.26. The van der Waals surface area contributed by atoms with E-state index in [1.165, 1.54) is 11.3 Å². The van der Waals surface area contributed by atoms with Crippen molar-refractivity contribution in [2.45, 2.75) is 0 Å². The zero-order valence-corrected chi connectivity index (χ0v) is 11.2. The maximum Gasteiger partial charge on any atom is 0.339 e. The summed E-state index contributed by atoms with van der Waals surface area (Å²) in [5.74, 6) is -2.51. The van der Waals surface area contributed by atoms with Gasteiger partial charge >= 0.3 is 5.97 Å². The number of nitrogens with zero attached hydrogens (tertiary/aromatic N) is 1. The molecule has 6 nitrogen and oxygen atoms in total. The second-order valence-corrected chi connectivity index (χ2v) is 5.07. The number of carboxylic acid groups (broad SMARTS) is 1. The minimum atomic E-state index is -1.34. The number of hydrogen-bond donors (Lipinski definition) is 3. The summed E-state index contributed by atoms with van der Waals surface area (Å²) in [6, 6.07) is 5.06. The van der Waals surface area contributed by atoms with E-state index in [2.05, 4.69) is 10.3 Å². The number of nitrogens with one attached hydrogen (secondary N) is 2. The highest BCUT2D eigenvalue weighted by atomic mass is 32.1. The van der Waals surface area contributed by atoms with Gasteiger partial charge in [0.2, 0.25) is 5.82 Å². The van der Waals surface area contributed by atoms with Crippen molar-refractivity contribution in [1.29, 1.82) is 0 Å². The van der Waals surface area contributed by atoms with Gasteiger partial charge < -0.3 is 15.4 Å². The highest BCUT2D eigenvalue weighted by molar-refractivity contribution is 7.16. The number of anilines is 2. The van der Waals surface area contributed by atoms with Gasteiger partial charge in [-0.2, -0.15) is 4.39 Å². The van der Waals surface area contributed by atoms with Crippen LogP contribution in [0.15, 0.2) is 34.7 Å². The van der Waals surface area contributed by atoms with Crippen LogP contribution in [0.1, 0.15) is 10.4 Å². The summed E-state index contributed by atoms with van der Waals surface area (Å²) in [7, 11) is 0. The van der Waals surface area contributed by atoms with Crippen molar-refractivity contribution in [3.63, 3.8) is 0 Å². The largest absolute Gasteiger partial charge is 0.478 e. The van der Waals surface area contributed by atoms with Gasteiger partial charge in [-0.05, 0) is 18.2 Å². The molecule has 0 aliphatic heterocycles. The zero-order chi connectivity index (χ0) is 15.0. The lowest BCUT2D eigenvalue weighted by Gasteiger charge is -2.10. The molecule has 0 aliphatic carbocycles. The van der Waals surface area contributed by atoms with E-state index in [9.17, 15) is 14.0 Å². The molecule has 0 saturated carbocycles. The standard InChI is InChI=1S/C13H8FN3O3S/c14-10-11(7(13(19)20)4-15-12(10)18)17-6-1-2-8-9(3-6)21-5-16-8/h1-5H,(H,19,20)(H2,15,17,18). The minimum absolute atomic E-state index is 0.350. The number of rotatable bonds is 3. The lowest BCUT2D eigenvalue weighted by Crippen LogP contribution is -2.17. The zero-order valence-electron chi connectivity index (χ0n) is 10.4. The average molecular weight is 305 g/mol. The third-order valence-corrected chi connectivity index (χ3v) is 3.66. The Kier molecular flexibility index (Phi) is 3.15. The number of aromatic carboxylic acids is 1. The summed E-state index contributed by atoms with van der Waals surface area (Å²) in [4.78, 5) is 28.6. The molecule has 3 aromatic rings. The van der Waals surface area contributed by atoms with Crippen molar-refractivity contribution in [3.05, 3.63) is 51.6 Å². The molecule has 0 amide bonds. The lowest BCUT2D eigenvalue weighted by atomic mass is 10.2. The summed E-state index contributed by atoms with van der Waals surface area (Å²) < 4.78 is 14.7. The number of carbonyl (C=O) groups is 1. The number of fused-ring (bicyclic) bond motifs is 1. The quantitative estimate of drug-likeness (QED) is 0.691.